The number of H-pyrrole nitrogens is 1. The van der Waals surface area contributed by atoms with Crippen LogP contribution >= 0.6 is 0 Å². The Morgan fingerprint density at radius 2 is 1.59 bits per heavy atom. The molecular formula is C32H55N5O7. The Bertz CT molecular complexity index is 1170. The maximum absolute atomic E-state index is 13.4. The molecule has 2 aromatic heterocycles. The van der Waals surface area contributed by atoms with Gasteiger partial charge in [-0.25, -0.2) is 4.98 Å². The van der Waals surface area contributed by atoms with Crippen molar-refractivity contribution in [3.05, 3.63) is 16.7 Å². The number of unbranched alkanes of at least 4 members (excludes halogenated alkanes) is 4. The van der Waals surface area contributed by atoms with Gasteiger partial charge in [-0.05, 0) is 25.7 Å². The lowest BCUT2D eigenvalue weighted by Crippen LogP contribution is -2.49. The largest absolute Gasteiger partial charge is 0.379 e. The topological polar surface area (TPSA) is 139 Å². The Morgan fingerprint density at radius 1 is 0.977 bits per heavy atom. The summed E-state index contributed by atoms with van der Waals surface area (Å²) in [5, 5.41) is 2.65. The van der Waals surface area contributed by atoms with Crippen molar-refractivity contribution in [1.29, 1.82) is 0 Å². The quantitative estimate of drug-likeness (QED) is 0.187. The predicted molar refractivity (Wildman–Crippen MR) is 170 cm³/mol. The zero-order valence-electron chi connectivity index (χ0n) is 27.6. The maximum atomic E-state index is 13.4. The number of nitrogens with zero attached hydrogens (tertiary/aromatic N) is 3. The van der Waals surface area contributed by atoms with Crippen LogP contribution in [0.5, 0.6) is 0 Å². The minimum Gasteiger partial charge on any atom is -0.379 e. The molecule has 1 aliphatic heterocycles. The zero-order valence-corrected chi connectivity index (χ0v) is 27.6. The van der Waals surface area contributed by atoms with Crippen molar-refractivity contribution in [1.82, 2.24) is 19.5 Å². The Morgan fingerprint density at radius 3 is 2.23 bits per heavy atom. The lowest BCUT2D eigenvalue weighted by Gasteiger charge is -2.34. The van der Waals surface area contributed by atoms with E-state index in [4.69, 9.17) is 23.7 Å². The number of imidazole rings is 1. The second kappa shape index (κ2) is 19.2. The summed E-state index contributed by atoms with van der Waals surface area (Å²) in [6.07, 6.45) is 7.43. The summed E-state index contributed by atoms with van der Waals surface area (Å²) in [7, 11) is 0. The first-order valence-electron chi connectivity index (χ1n) is 16.7. The molecule has 44 heavy (non-hydrogen) atoms. The van der Waals surface area contributed by atoms with Crippen molar-refractivity contribution in [2.24, 2.45) is 5.92 Å². The molecule has 0 bridgehead atoms. The number of nitrogens with one attached hydrogen (secondary N) is 2. The molecule has 0 radical (unpaired) electrons. The highest BCUT2D eigenvalue weighted by atomic mass is 16.6. The molecule has 1 saturated heterocycles. The molecule has 5 atom stereocenters. The van der Waals surface area contributed by atoms with Gasteiger partial charge in [0.15, 0.2) is 11.2 Å². The number of hydrogen-bond acceptors (Lipinski definition) is 9. The molecule has 1 unspecified atom stereocenters. The third kappa shape index (κ3) is 10.3. The molecule has 0 aromatic carbocycles. The van der Waals surface area contributed by atoms with Crippen LogP contribution in [0.15, 0.2) is 11.1 Å². The van der Waals surface area contributed by atoms with Gasteiger partial charge in [0.25, 0.3) is 5.56 Å². The van der Waals surface area contributed by atoms with E-state index in [-0.39, 0.29) is 41.1 Å². The van der Waals surface area contributed by atoms with Gasteiger partial charge >= 0.3 is 0 Å². The van der Waals surface area contributed by atoms with Crippen LogP contribution in [0.3, 0.4) is 0 Å². The van der Waals surface area contributed by atoms with Crippen molar-refractivity contribution >= 4 is 23.0 Å². The van der Waals surface area contributed by atoms with E-state index in [2.05, 4.69) is 48.0 Å². The van der Waals surface area contributed by atoms with Crippen molar-refractivity contribution in [3.8, 4) is 0 Å². The smallest absolute Gasteiger partial charge is 0.278 e. The van der Waals surface area contributed by atoms with E-state index in [9.17, 15) is 9.59 Å². The van der Waals surface area contributed by atoms with Crippen LogP contribution in [0.25, 0.3) is 11.2 Å². The number of ether oxygens (including phenoxy) is 5. The van der Waals surface area contributed by atoms with E-state index in [1.165, 1.54) is 0 Å². The number of aromatic amines is 1. The van der Waals surface area contributed by atoms with Gasteiger partial charge in [0.2, 0.25) is 11.9 Å². The minimum atomic E-state index is -0.623. The zero-order chi connectivity index (χ0) is 31.9. The number of rotatable bonds is 20. The maximum Gasteiger partial charge on any atom is 0.278 e. The normalized spacial score (nSPS) is 22.5. The van der Waals surface area contributed by atoms with Gasteiger partial charge in [-0.3, -0.25) is 24.5 Å². The Kier molecular flexibility index (Phi) is 15.8. The average molecular weight is 622 g/mol. The van der Waals surface area contributed by atoms with Crippen molar-refractivity contribution in [3.63, 3.8) is 0 Å². The number of hydrogen-bond donors (Lipinski definition) is 2. The van der Waals surface area contributed by atoms with Crippen LogP contribution in [0.4, 0.5) is 5.95 Å². The van der Waals surface area contributed by atoms with E-state index >= 15 is 0 Å². The Labute approximate surface area is 261 Å². The third-order valence-corrected chi connectivity index (χ3v) is 7.71. The minimum absolute atomic E-state index is 0.0602. The standard InChI is InChI=1S/C32H55N5O7/c1-7-11-15-40-20-24-28(43-18-14-10-4)27(42-17-13-9-3)23(41-16-12-8-2)19-25(44-24)37-21-33-29-26(37)31(39)36-32(34-29)35-30(38)22(5)6/h21-25,27-28H,7-20H2,1-6H3,(H2,34,35,36,38,39)/t23-,24+,25?,27+,28+/m0/s1. The average Bonchev–Trinajstić information content (AvgIpc) is 3.37. The van der Waals surface area contributed by atoms with Crippen molar-refractivity contribution < 1.29 is 28.5 Å². The summed E-state index contributed by atoms with van der Waals surface area (Å²) in [5.41, 5.74) is 0.0424. The molecule has 2 N–H and O–H groups in total. The van der Waals surface area contributed by atoms with Crippen LogP contribution < -0.4 is 10.9 Å². The molecule has 12 heteroatoms. The highest BCUT2D eigenvalue weighted by Crippen LogP contribution is 2.34. The molecule has 0 aliphatic carbocycles. The van der Waals surface area contributed by atoms with E-state index < -0.39 is 24.0 Å². The van der Waals surface area contributed by atoms with Crippen molar-refractivity contribution in [2.45, 2.75) is 130 Å². The number of amides is 1. The highest BCUT2D eigenvalue weighted by Gasteiger charge is 2.44. The molecule has 1 amide bonds. The van der Waals surface area contributed by atoms with E-state index in [0.717, 1.165) is 51.4 Å². The highest BCUT2D eigenvalue weighted by molar-refractivity contribution is 5.91. The van der Waals surface area contributed by atoms with Gasteiger partial charge in [0, 0.05) is 38.8 Å². The molecule has 1 fully saturated rings. The molecule has 3 rings (SSSR count). The van der Waals surface area contributed by atoms with Crippen LogP contribution in [0, 0.1) is 5.92 Å². The van der Waals surface area contributed by atoms with Gasteiger partial charge in [-0.1, -0.05) is 67.2 Å². The van der Waals surface area contributed by atoms with Gasteiger partial charge in [0.1, 0.15) is 24.5 Å². The van der Waals surface area contributed by atoms with E-state index in [1.807, 2.05) is 0 Å². The molecule has 2 aromatic rings. The summed E-state index contributed by atoms with van der Waals surface area (Å²) < 4.78 is 34.3. The third-order valence-electron chi connectivity index (χ3n) is 7.71. The first-order valence-corrected chi connectivity index (χ1v) is 16.7. The summed E-state index contributed by atoms with van der Waals surface area (Å²) in [6, 6.07) is 0. The lowest BCUT2D eigenvalue weighted by atomic mass is 10.0. The molecular weight excluding hydrogens is 566 g/mol. The van der Waals surface area contributed by atoms with Crippen LogP contribution in [0.2, 0.25) is 0 Å². The van der Waals surface area contributed by atoms with Crippen molar-refractivity contribution in [2.75, 3.05) is 38.4 Å². The Balaban J connectivity index is 2.03. The second-order valence-corrected chi connectivity index (χ2v) is 11.8. The van der Waals surface area contributed by atoms with Crippen LogP contribution in [-0.2, 0) is 28.5 Å². The molecule has 0 spiro atoms. The fraction of sp³-hybridized carbons (Fsp3) is 0.812. The predicted octanol–water partition coefficient (Wildman–Crippen LogP) is 5.37. The summed E-state index contributed by atoms with van der Waals surface area (Å²) in [4.78, 5) is 37.2. The monoisotopic (exact) mass is 621 g/mol. The lowest BCUT2D eigenvalue weighted by molar-refractivity contribution is -0.176. The first-order chi connectivity index (χ1) is 21.3. The van der Waals surface area contributed by atoms with Gasteiger partial charge < -0.3 is 23.7 Å². The van der Waals surface area contributed by atoms with Gasteiger partial charge in [0.05, 0.1) is 19.0 Å². The SMILES string of the molecule is CCCCOC[C@H]1OC(n2cnc3nc(NC(=O)C(C)C)[nH]c(=O)c32)C[C@H](OCCCC)[C@@H](OCCCC)[C@@H]1OCCCC. The van der Waals surface area contributed by atoms with E-state index in [1.54, 1.807) is 24.7 Å². The second-order valence-electron chi connectivity index (χ2n) is 11.8. The fourth-order valence-electron chi connectivity index (χ4n) is 5.01. The summed E-state index contributed by atoms with van der Waals surface area (Å²) in [6.45, 7) is 14.7. The molecule has 3 heterocycles. The number of anilines is 1. The van der Waals surface area contributed by atoms with Crippen LogP contribution in [-0.4, -0.2) is 82.9 Å². The molecule has 0 saturated carbocycles. The number of carbonyl (C=O) groups excluding carboxylic acids is 1. The Hall–Kier alpha value is -2.38. The van der Waals surface area contributed by atoms with Crippen LogP contribution in [0.1, 0.15) is 106 Å². The summed E-state index contributed by atoms with van der Waals surface area (Å²) >= 11 is 0. The summed E-state index contributed by atoms with van der Waals surface area (Å²) in [5.74, 6) is -0.459. The fourth-order valence-corrected chi connectivity index (χ4v) is 5.01. The van der Waals surface area contributed by atoms with Gasteiger partial charge in [-0.2, -0.15) is 4.98 Å². The first kappa shape index (κ1) is 36.1. The van der Waals surface area contributed by atoms with E-state index in [0.29, 0.717) is 39.5 Å². The molecule has 1 aliphatic rings. The van der Waals surface area contributed by atoms with Gasteiger partial charge in [-0.15, -0.1) is 0 Å². The molecule has 250 valence electrons. The number of carbonyl (C=O) groups is 1. The number of fused-ring (bicyclic) bond motifs is 1. The molecule has 12 nitrogen and oxygen atoms in total. The number of aromatic nitrogens is 4.